The molecule has 0 radical (unpaired) electrons. The average Bonchev–Trinajstić information content (AvgIpc) is 2.12. The normalized spacial score (nSPS) is 20.7. The van der Waals surface area contributed by atoms with Gasteiger partial charge in [0.1, 0.15) is 12.4 Å². The van der Waals surface area contributed by atoms with E-state index in [0.29, 0.717) is 6.61 Å². The zero-order valence-corrected chi connectivity index (χ0v) is 8.13. The maximum atomic E-state index is 5.84. The van der Waals surface area contributed by atoms with Crippen molar-refractivity contribution in [1.29, 1.82) is 0 Å². The van der Waals surface area contributed by atoms with Gasteiger partial charge < -0.3 is 10.5 Å². The Labute approximate surface area is 78.7 Å². The maximum absolute atomic E-state index is 5.84. The Hall–Kier alpha value is -1.02. The second-order valence-electron chi connectivity index (χ2n) is 3.78. The Morgan fingerprint density at radius 3 is 2.77 bits per heavy atom. The summed E-state index contributed by atoms with van der Waals surface area (Å²) >= 11 is 0. The van der Waals surface area contributed by atoms with Crippen LogP contribution >= 0.6 is 0 Å². The van der Waals surface area contributed by atoms with Crippen molar-refractivity contribution < 1.29 is 4.74 Å². The third-order valence-corrected chi connectivity index (χ3v) is 2.60. The first-order chi connectivity index (χ1) is 6.18. The molecule has 1 unspecified atom stereocenters. The molecule has 70 valence electrons. The van der Waals surface area contributed by atoms with Crippen molar-refractivity contribution in [3.8, 4) is 5.75 Å². The van der Waals surface area contributed by atoms with Crippen molar-refractivity contribution in [3.63, 3.8) is 0 Å². The van der Waals surface area contributed by atoms with Gasteiger partial charge in [-0.2, -0.15) is 0 Å². The van der Waals surface area contributed by atoms with Crippen LogP contribution in [0, 0.1) is 13.8 Å². The van der Waals surface area contributed by atoms with Gasteiger partial charge in [0.05, 0.1) is 0 Å². The van der Waals surface area contributed by atoms with Crippen LogP contribution in [0.15, 0.2) is 12.1 Å². The van der Waals surface area contributed by atoms with Crippen LogP contribution in [0.25, 0.3) is 0 Å². The Bertz CT molecular complexity index is 333. The van der Waals surface area contributed by atoms with Gasteiger partial charge in [-0.15, -0.1) is 0 Å². The lowest BCUT2D eigenvalue weighted by Gasteiger charge is -2.25. The summed E-state index contributed by atoms with van der Waals surface area (Å²) in [6.07, 6.45) is 0.947. The first-order valence-electron chi connectivity index (χ1n) is 4.66. The van der Waals surface area contributed by atoms with Gasteiger partial charge in [-0.25, -0.2) is 0 Å². The summed E-state index contributed by atoms with van der Waals surface area (Å²) in [4.78, 5) is 0. The van der Waals surface area contributed by atoms with E-state index >= 15 is 0 Å². The molecule has 0 saturated heterocycles. The van der Waals surface area contributed by atoms with E-state index in [4.69, 9.17) is 10.5 Å². The van der Waals surface area contributed by atoms with Crippen molar-refractivity contribution in [2.45, 2.75) is 26.3 Å². The van der Waals surface area contributed by atoms with Gasteiger partial charge >= 0.3 is 0 Å². The summed E-state index contributed by atoms with van der Waals surface area (Å²) in [6, 6.07) is 4.40. The first-order valence-corrected chi connectivity index (χ1v) is 4.66. The van der Waals surface area contributed by atoms with Gasteiger partial charge in [0.15, 0.2) is 0 Å². The second kappa shape index (κ2) is 3.04. The molecule has 13 heavy (non-hydrogen) atoms. The highest BCUT2D eigenvalue weighted by atomic mass is 16.5. The van der Waals surface area contributed by atoms with Gasteiger partial charge in [-0.3, -0.25) is 0 Å². The van der Waals surface area contributed by atoms with Crippen LogP contribution in [-0.2, 0) is 6.42 Å². The van der Waals surface area contributed by atoms with Crippen LogP contribution < -0.4 is 10.5 Å². The topological polar surface area (TPSA) is 35.2 Å². The van der Waals surface area contributed by atoms with E-state index in [2.05, 4.69) is 26.0 Å². The molecular formula is C11H15NO. The van der Waals surface area contributed by atoms with Crippen molar-refractivity contribution in [1.82, 2.24) is 0 Å². The fraction of sp³-hybridized carbons (Fsp3) is 0.455. The third kappa shape index (κ3) is 1.42. The largest absolute Gasteiger partial charge is 0.491 e. The summed E-state index contributed by atoms with van der Waals surface area (Å²) in [6.45, 7) is 4.84. The number of aryl methyl sites for hydroxylation is 2. The molecule has 1 heterocycles. The highest BCUT2D eigenvalue weighted by Gasteiger charge is 2.19. The quantitative estimate of drug-likeness (QED) is 0.652. The van der Waals surface area contributed by atoms with Crippen LogP contribution in [0.4, 0.5) is 0 Å². The molecule has 0 spiro atoms. The lowest BCUT2D eigenvalue weighted by atomic mass is 9.96. The van der Waals surface area contributed by atoms with Crippen LogP contribution in [0.5, 0.6) is 5.75 Å². The minimum atomic E-state index is 0.160. The zero-order chi connectivity index (χ0) is 9.42. The summed E-state index contributed by atoms with van der Waals surface area (Å²) < 4.78 is 5.62. The lowest BCUT2D eigenvalue weighted by molar-refractivity contribution is 0.261. The van der Waals surface area contributed by atoms with Gasteiger partial charge in [0.25, 0.3) is 0 Å². The van der Waals surface area contributed by atoms with E-state index in [1.165, 1.54) is 16.7 Å². The number of nitrogens with two attached hydrogens (primary N) is 1. The fourth-order valence-corrected chi connectivity index (χ4v) is 1.81. The summed E-state index contributed by atoms with van der Waals surface area (Å²) in [7, 11) is 0. The molecule has 2 rings (SSSR count). The van der Waals surface area contributed by atoms with Crippen LogP contribution in [0.2, 0.25) is 0 Å². The molecule has 0 bridgehead atoms. The molecule has 0 fully saturated rings. The molecule has 0 saturated carbocycles. The molecule has 1 aliphatic rings. The second-order valence-corrected chi connectivity index (χ2v) is 3.78. The van der Waals surface area contributed by atoms with Crippen LogP contribution in [-0.4, -0.2) is 12.6 Å². The van der Waals surface area contributed by atoms with Crippen LogP contribution in [0.3, 0.4) is 0 Å². The third-order valence-electron chi connectivity index (χ3n) is 2.60. The molecule has 0 aliphatic carbocycles. The van der Waals surface area contributed by atoms with Gasteiger partial charge in [-0.1, -0.05) is 12.1 Å². The molecule has 0 amide bonds. The number of benzene rings is 1. The number of hydrogen-bond donors (Lipinski definition) is 1. The number of fused-ring (bicyclic) bond motifs is 1. The van der Waals surface area contributed by atoms with E-state index in [0.717, 1.165) is 12.2 Å². The van der Waals surface area contributed by atoms with E-state index in [1.54, 1.807) is 0 Å². The monoisotopic (exact) mass is 177 g/mol. The molecule has 2 heteroatoms. The maximum Gasteiger partial charge on any atom is 0.125 e. The fourth-order valence-electron chi connectivity index (χ4n) is 1.81. The SMILES string of the molecule is Cc1ccc(C)c2c1CC(N)CO2. The van der Waals surface area contributed by atoms with E-state index in [9.17, 15) is 0 Å². The summed E-state index contributed by atoms with van der Waals surface area (Å²) in [5.74, 6) is 1.06. The van der Waals surface area contributed by atoms with Gasteiger partial charge in [-0.05, 0) is 37.0 Å². The molecule has 1 aromatic rings. The smallest absolute Gasteiger partial charge is 0.125 e. The molecule has 1 atom stereocenters. The molecule has 0 aromatic heterocycles. The predicted octanol–water partition coefficient (Wildman–Crippen LogP) is 1.57. The van der Waals surface area contributed by atoms with Gasteiger partial charge in [0.2, 0.25) is 0 Å². The Balaban J connectivity index is 2.51. The molecular weight excluding hydrogens is 162 g/mol. The standard InChI is InChI=1S/C11H15NO/c1-7-3-4-8(2)11-10(7)5-9(12)6-13-11/h3-4,9H,5-6,12H2,1-2H3. The highest BCUT2D eigenvalue weighted by Crippen LogP contribution is 2.30. The Morgan fingerprint density at radius 1 is 1.31 bits per heavy atom. The summed E-state index contributed by atoms with van der Waals surface area (Å²) in [5, 5.41) is 0. The van der Waals surface area contributed by atoms with Crippen molar-refractivity contribution in [2.24, 2.45) is 5.73 Å². The lowest BCUT2D eigenvalue weighted by Crippen LogP contribution is -2.34. The van der Waals surface area contributed by atoms with E-state index in [-0.39, 0.29) is 6.04 Å². The van der Waals surface area contributed by atoms with Crippen molar-refractivity contribution in [3.05, 3.63) is 28.8 Å². The first kappa shape index (κ1) is 8.57. The summed E-state index contributed by atoms with van der Waals surface area (Å²) in [5.41, 5.74) is 9.64. The number of rotatable bonds is 0. The molecule has 1 aromatic carbocycles. The molecule has 2 N–H and O–H groups in total. The predicted molar refractivity (Wildman–Crippen MR) is 53.1 cm³/mol. The minimum absolute atomic E-state index is 0.160. The highest BCUT2D eigenvalue weighted by molar-refractivity contribution is 5.47. The van der Waals surface area contributed by atoms with Crippen molar-refractivity contribution >= 4 is 0 Å². The molecule has 1 aliphatic heterocycles. The number of hydrogen-bond acceptors (Lipinski definition) is 2. The van der Waals surface area contributed by atoms with Crippen molar-refractivity contribution in [2.75, 3.05) is 6.61 Å². The van der Waals surface area contributed by atoms with E-state index in [1.807, 2.05) is 0 Å². The molecule has 2 nitrogen and oxygen atoms in total. The van der Waals surface area contributed by atoms with Crippen LogP contribution in [0.1, 0.15) is 16.7 Å². The Morgan fingerprint density at radius 2 is 2.00 bits per heavy atom. The zero-order valence-electron chi connectivity index (χ0n) is 8.13. The number of ether oxygens (including phenoxy) is 1. The minimum Gasteiger partial charge on any atom is -0.491 e. The van der Waals surface area contributed by atoms with E-state index < -0.39 is 0 Å². The average molecular weight is 177 g/mol. The van der Waals surface area contributed by atoms with Gasteiger partial charge in [0, 0.05) is 6.04 Å². The Kier molecular flexibility index (Phi) is 2.00.